The summed E-state index contributed by atoms with van der Waals surface area (Å²) in [6, 6.07) is 9.05. The number of rotatable bonds is 2. The molecule has 6 heteroatoms. The van der Waals surface area contributed by atoms with E-state index in [-0.39, 0.29) is 22.4 Å². The first-order valence-corrected chi connectivity index (χ1v) is 6.38. The fraction of sp³-hybridized carbons (Fsp3) is 0.133. The summed E-state index contributed by atoms with van der Waals surface area (Å²) in [5, 5.41) is 0. The van der Waals surface area contributed by atoms with E-state index in [2.05, 4.69) is 0 Å². The van der Waals surface area contributed by atoms with E-state index in [0.29, 0.717) is 11.4 Å². The third-order valence-electron chi connectivity index (χ3n) is 3.75. The molecule has 21 heavy (non-hydrogen) atoms. The molecule has 0 atom stereocenters. The quantitative estimate of drug-likeness (QED) is 0.687. The van der Waals surface area contributed by atoms with Crippen LogP contribution in [0.1, 0.15) is 5.69 Å². The highest BCUT2D eigenvalue weighted by Crippen LogP contribution is 2.22. The summed E-state index contributed by atoms with van der Waals surface area (Å²) in [7, 11) is 1.72. The average Bonchev–Trinajstić information content (AvgIpc) is 2.71. The lowest BCUT2D eigenvalue weighted by Gasteiger charge is -2.07. The van der Waals surface area contributed by atoms with Gasteiger partial charge in [0.2, 0.25) is 10.9 Å². The molecule has 1 heterocycles. The predicted octanol–water partition coefficient (Wildman–Crippen LogP) is 0.330. The van der Waals surface area contributed by atoms with Gasteiger partial charge in [-0.2, -0.15) is 0 Å². The summed E-state index contributed by atoms with van der Waals surface area (Å²) < 4.78 is 3.09. The van der Waals surface area contributed by atoms with Crippen molar-refractivity contribution in [2.24, 2.45) is 7.05 Å². The summed E-state index contributed by atoms with van der Waals surface area (Å²) in [6.07, 6.45) is 0. The topological polar surface area (TPSA) is 87.1 Å². The van der Waals surface area contributed by atoms with Gasteiger partial charge < -0.3 is 5.73 Å². The lowest BCUT2D eigenvalue weighted by Crippen LogP contribution is -2.37. The van der Waals surface area contributed by atoms with Crippen LogP contribution in [0.4, 0.5) is 5.69 Å². The van der Waals surface area contributed by atoms with Crippen LogP contribution in [0, 0.1) is 6.92 Å². The molecule has 0 aliphatic heterocycles. The number of benzene rings is 1. The summed E-state index contributed by atoms with van der Waals surface area (Å²) >= 11 is 0. The van der Waals surface area contributed by atoms with Crippen LogP contribution in [0.3, 0.4) is 0 Å². The molecule has 0 aliphatic rings. The second-order valence-corrected chi connectivity index (χ2v) is 4.88. The Morgan fingerprint density at radius 1 is 0.952 bits per heavy atom. The molecule has 0 radical (unpaired) electrons. The molecule has 0 amide bonds. The van der Waals surface area contributed by atoms with Crippen molar-refractivity contribution in [1.29, 1.82) is 0 Å². The van der Waals surface area contributed by atoms with Crippen molar-refractivity contribution >= 4 is 5.69 Å². The van der Waals surface area contributed by atoms with Crippen molar-refractivity contribution in [2.75, 3.05) is 5.73 Å². The maximum atomic E-state index is 12.6. The van der Waals surface area contributed by atoms with E-state index >= 15 is 0 Å². The zero-order chi connectivity index (χ0) is 15.3. The largest absolute Gasteiger partial charge is 0.395 e. The van der Waals surface area contributed by atoms with Crippen LogP contribution in [-0.2, 0) is 7.05 Å². The van der Waals surface area contributed by atoms with Crippen molar-refractivity contribution in [3.63, 3.8) is 0 Å². The summed E-state index contributed by atoms with van der Waals surface area (Å²) in [6.45, 7) is 1.71. The van der Waals surface area contributed by atoms with Crippen molar-refractivity contribution in [3.05, 3.63) is 66.8 Å². The van der Waals surface area contributed by atoms with E-state index in [9.17, 15) is 14.4 Å². The van der Waals surface area contributed by atoms with Crippen molar-refractivity contribution in [2.45, 2.75) is 6.92 Å². The number of aromatic nitrogens is 2. The van der Waals surface area contributed by atoms with E-state index in [1.165, 1.54) is 4.68 Å². The van der Waals surface area contributed by atoms with Crippen LogP contribution in [0.2, 0.25) is 0 Å². The monoisotopic (exact) mass is 283 g/mol. The maximum Gasteiger partial charge on any atom is 0.279 e. The Morgan fingerprint density at radius 3 is 2.14 bits per heavy atom. The standard InChI is InChI=1S/C15H13N3O3/c1-8-10(11-12(16)14(20)13(11)19)15(21)18(17(8)2)9-6-4-3-5-7-9/h3-7H,16H2,1-2H3. The lowest BCUT2D eigenvalue weighted by molar-refractivity contribution is 0.630. The molecule has 0 saturated heterocycles. The highest BCUT2D eigenvalue weighted by atomic mass is 16.2. The van der Waals surface area contributed by atoms with Gasteiger partial charge in [-0.25, -0.2) is 4.68 Å². The fourth-order valence-corrected chi connectivity index (χ4v) is 2.51. The van der Waals surface area contributed by atoms with Gasteiger partial charge in [-0.3, -0.25) is 19.1 Å². The molecule has 0 saturated carbocycles. The molecule has 2 N–H and O–H groups in total. The predicted molar refractivity (Wildman–Crippen MR) is 80.5 cm³/mol. The molecule has 106 valence electrons. The molecule has 2 aromatic carbocycles. The molecule has 3 rings (SSSR count). The zero-order valence-electron chi connectivity index (χ0n) is 11.6. The van der Waals surface area contributed by atoms with Crippen molar-refractivity contribution < 1.29 is 0 Å². The van der Waals surface area contributed by atoms with Gasteiger partial charge in [0, 0.05) is 12.7 Å². The zero-order valence-corrected chi connectivity index (χ0v) is 11.6. The minimum Gasteiger partial charge on any atom is -0.395 e. The van der Waals surface area contributed by atoms with Crippen molar-refractivity contribution in [1.82, 2.24) is 9.36 Å². The number of anilines is 1. The summed E-state index contributed by atoms with van der Waals surface area (Å²) in [4.78, 5) is 35.6. The average molecular weight is 283 g/mol. The maximum absolute atomic E-state index is 12.6. The smallest absolute Gasteiger partial charge is 0.279 e. The molecule has 6 nitrogen and oxygen atoms in total. The second kappa shape index (κ2) is 4.31. The van der Waals surface area contributed by atoms with Crippen LogP contribution < -0.4 is 22.2 Å². The second-order valence-electron chi connectivity index (χ2n) is 4.88. The minimum atomic E-state index is -0.723. The van der Waals surface area contributed by atoms with Crippen LogP contribution in [-0.4, -0.2) is 9.36 Å². The van der Waals surface area contributed by atoms with E-state index in [4.69, 9.17) is 5.73 Å². The molecular formula is C15H13N3O3. The molecule has 0 fully saturated rings. The number of nitrogens with zero attached hydrogens (tertiary/aromatic N) is 2. The SMILES string of the molecule is Cc1c(-c2c(N)c(=O)c2=O)c(=O)n(-c2ccccc2)n1C. The first-order valence-electron chi connectivity index (χ1n) is 6.38. The molecule has 0 unspecified atom stereocenters. The van der Waals surface area contributed by atoms with E-state index in [1.54, 1.807) is 30.8 Å². The Bertz CT molecular complexity index is 970. The lowest BCUT2D eigenvalue weighted by atomic mass is 9.99. The van der Waals surface area contributed by atoms with E-state index < -0.39 is 10.9 Å². The number of nitrogen functional groups attached to an aromatic ring is 1. The third-order valence-corrected chi connectivity index (χ3v) is 3.75. The molecule has 0 aliphatic carbocycles. The molecule has 0 spiro atoms. The van der Waals surface area contributed by atoms with Crippen LogP contribution in [0.15, 0.2) is 44.7 Å². The van der Waals surface area contributed by atoms with Gasteiger partial charge in [0.15, 0.2) is 0 Å². The van der Waals surface area contributed by atoms with Gasteiger partial charge in [-0.1, -0.05) is 18.2 Å². The molecule has 0 bridgehead atoms. The van der Waals surface area contributed by atoms with Gasteiger partial charge in [0.05, 0.1) is 22.5 Å². The van der Waals surface area contributed by atoms with Crippen molar-refractivity contribution in [3.8, 4) is 16.8 Å². The number of nitrogens with two attached hydrogens (primary N) is 1. The highest BCUT2D eigenvalue weighted by Gasteiger charge is 2.27. The Balaban J connectivity index is 2.35. The number of hydrogen-bond acceptors (Lipinski definition) is 4. The number of hydrogen-bond donors (Lipinski definition) is 1. The van der Waals surface area contributed by atoms with E-state index in [1.807, 2.05) is 18.2 Å². The third kappa shape index (κ3) is 1.62. The van der Waals surface area contributed by atoms with E-state index in [0.717, 1.165) is 0 Å². The van der Waals surface area contributed by atoms with Gasteiger partial charge >= 0.3 is 0 Å². The van der Waals surface area contributed by atoms with Crippen LogP contribution in [0.5, 0.6) is 0 Å². The first kappa shape index (κ1) is 13.1. The van der Waals surface area contributed by atoms with Gasteiger partial charge in [0.25, 0.3) is 5.56 Å². The molecule has 3 aromatic rings. The highest BCUT2D eigenvalue weighted by molar-refractivity contribution is 5.81. The Labute approximate surface area is 119 Å². The summed E-state index contributed by atoms with van der Waals surface area (Å²) in [5.41, 5.74) is 5.16. The van der Waals surface area contributed by atoms with Crippen LogP contribution in [0.25, 0.3) is 16.8 Å². The molecular weight excluding hydrogens is 270 g/mol. The number of para-hydroxylation sites is 1. The fourth-order valence-electron chi connectivity index (χ4n) is 2.51. The molecule has 1 aromatic heterocycles. The van der Waals surface area contributed by atoms with Crippen LogP contribution >= 0.6 is 0 Å². The Morgan fingerprint density at radius 2 is 1.57 bits per heavy atom. The Hall–Kier alpha value is -2.89. The normalized spacial score (nSPS) is 11.1. The van der Waals surface area contributed by atoms with Gasteiger partial charge in [-0.05, 0) is 19.1 Å². The Kier molecular flexibility index (Phi) is 2.69. The first-order chi connectivity index (χ1) is 9.95. The van der Waals surface area contributed by atoms with Gasteiger partial charge in [0.1, 0.15) is 0 Å². The van der Waals surface area contributed by atoms with Gasteiger partial charge in [-0.15, -0.1) is 0 Å². The summed E-state index contributed by atoms with van der Waals surface area (Å²) in [5.74, 6) is 0. The minimum absolute atomic E-state index is 0.0350.